The number of halogens is 1. The van der Waals surface area contributed by atoms with Crippen molar-refractivity contribution in [1.29, 1.82) is 0 Å². The summed E-state index contributed by atoms with van der Waals surface area (Å²) in [7, 11) is 0. The minimum absolute atomic E-state index is 0.157. The molecule has 0 fully saturated rings. The van der Waals surface area contributed by atoms with E-state index in [0.29, 0.717) is 17.7 Å². The van der Waals surface area contributed by atoms with Gasteiger partial charge < -0.3 is 5.11 Å². The van der Waals surface area contributed by atoms with Crippen LogP contribution in [0.1, 0.15) is 30.5 Å². The molecule has 1 aliphatic rings. The highest BCUT2D eigenvalue weighted by Crippen LogP contribution is 2.33. The van der Waals surface area contributed by atoms with E-state index in [9.17, 15) is 14.3 Å². The first kappa shape index (κ1) is 14.3. The lowest BCUT2D eigenvalue weighted by Gasteiger charge is -2.20. The zero-order chi connectivity index (χ0) is 15.7. The van der Waals surface area contributed by atoms with Gasteiger partial charge in [0.15, 0.2) is 11.6 Å². The highest BCUT2D eigenvalue weighted by atomic mass is 19.1. The van der Waals surface area contributed by atoms with Crippen molar-refractivity contribution in [2.75, 3.05) is 0 Å². The monoisotopic (exact) mass is 298 g/mol. The quantitative estimate of drug-likeness (QED) is 0.925. The Balaban J connectivity index is 1.96. The molecule has 1 atom stereocenters. The third-order valence-electron chi connectivity index (χ3n) is 3.70. The third-order valence-corrected chi connectivity index (χ3v) is 3.70. The molecule has 0 radical (unpaired) electrons. The fourth-order valence-corrected chi connectivity index (χ4v) is 2.60. The summed E-state index contributed by atoms with van der Waals surface area (Å²) in [4.78, 5) is 11.8. The van der Waals surface area contributed by atoms with Gasteiger partial charge in [0.1, 0.15) is 0 Å². The molecule has 0 bridgehead atoms. The summed E-state index contributed by atoms with van der Waals surface area (Å²) in [5, 5.41) is 15.3. The van der Waals surface area contributed by atoms with Gasteiger partial charge in [-0.05, 0) is 23.8 Å². The van der Waals surface area contributed by atoms with Crippen LogP contribution in [0.25, 0.3) is 0 Å². The van der Waals surface area contributed by atoms with E-state index in [0.717, 1.165) is 5.56 Å². The topological polar surface area (TPSA) is 52.9 Å². The molecule has 0 saturated carbocycles. The van der Waals surface area contributed by atoms with Gasteiger partial charge in [-0.3, -0.25) is 4.79 Å². The van der Waals surface area contributed by atoms with Crippen LogP contribution >= 0.6 is 0 Å². The minimum Gasteiger partial charge on any atom is -0.505 e. The van der Waals surface area contributed by atoms with Gasteiger partial charge in [0, 0.05) is 18.9 Å². The average Bonchev–Trinajstić information content (AvgIpc) is 2.96. The van der Waals surface area contributed by atoms with Gasteiger partial charge in [-0.25, -0.2) is 9.40 Å². The van der Waals surface area contributed by atoms with Crippen molar-refractivity contribution in [3.8, 4) is 5.75 Å². The summed E-state index contributed by atoms with van der Waals surface area (Å²) >= 11 is 0. The first-order chi connectivity index (χ1) is 10.6. The second kappa shape index (κ2) is 5.60. The van der Waals surface area contributed by atoms with Crippen molar-refractivity contribution in [2.45, 2.75) is 19.4 Å². The number of benzene rings is 2. The van der Waals surface area contributed by atoms with Crippen LogP contribution in [0.2, 0.25) is 0 Å². The first-order valence-electron chi connectivity index (χ1n) is 6.97. The van der Waals surface area contributed by atoms with Gasteiger partial charge in [0.05, 0.1) is 11.8 Å². The zero-order valence-electron chi connectivity index (χ0n) is 12.0. The SMILES string of the molecule is CC(=O)N1N=C(c2ccc(F)c(O)c2)CC1c1ccccc1. The van der Waals surface area contributed by atoms with Crippen molar-refractivity contribution in [1.82, 2.24) is 5.01 Å². The summed E-state index contributed by atoms with van der Waals surface area (Å²) in [6.45, 7) is 1.46. The molecule has 0 saturated heterocycles. The molecule has 4 nitrogen and oxygen atoms in total. The summed E-state index contributed by atoms with van der Waals surface area (Å²) in [5.74, 6) is -1.25. The normalized spacial score (nSPS) is 17.5. The Morgan fingerprint density at radius 3 is 2.64 bits per heavy atom. The number of amides is 1. The van der Waals surface area contributed by atoms with Gasteiger partial charge >= 0.3 is 0 Å². The molecule has 22 heavy (non-hydrogen) atoms. The molecule has 1 heterocycles. The maximum absolute atomic E-state index is 13.2. The lowest BCUT2D eigenvalue weighted by atomic mass is 9.98. The minimum atomic E-state index is -0.676. The molecule has 1 aliphatic heterocycles. The summed E-state index contributed by atoms with van der Waals surface area (Å²) in [6.07, 6.45) is 0.522. The predicted octanol–water partition coefficient (Wildman–Crippen LogP) is 3.23. The number of rotatable bonds is 2. The molecule has 3 rings (SSSR count). The van der Waals surface area contributed by atoms with E-state index in [1.807, 2.05) is 30.3 Å². The molecule has 1 unspecified atom stereocenters. The van der Waals surface area contributed by atoms with Crippen LogP contribution in [0.5, 0.6) is 5.75 Å². The number of carbonyl (C=O) groups is 1. The Kier molecular flexibility index (Phi) is 3.63. The number of nitrogens with zero attached hydrogens (tertiary/aromatic N) is 2. The smallest absolute Gasteiger partial charge is 0.240 e. The van der Waals surface area contributed by atoms with Crippen LogP contribution in [0, 0.1) is 5.82 Å². The number of phenols is 1. The number of hydrogen-bond acceptors (Lipinski definition) is 3. The van der Waals surface area contributed by atoms with Crippen LogP contribution in [-0.2, 0) is 4.79 Å². The van der Waals surface area contributed by atoms with Crippen LogP contribution in [0.3, 0.4) is 0 Å². The van der Waals surface area contributed by atoms with Crippen LogP contribution in [-0.4, -0.2) is 21.7 Å². The van der Waals surface area contributed by atoms with Crippen LogP contribution in [0.15, 0.2) is 53.6 Å². The van der Waals surface area contributed by atoms with Gasteiger partial charge in [-0.1, -0.05) is 30.3 Å². The molecule has 2 aromatic rings. The van der Waals surface area contributed by atoms with Gasteiger partial charge in [0.2, 0.25) is 5.91 Å². The molecule has 0 aliphatic carbocycles. The van der Waals surface area contributed by atoms with E-state index in [1.165, 1.54) is 24.1 Å². The molecule has 5 heteroatoms. The second-order valence-corrected chi connectivity index (χ2v) is 5.21. The van der Waals surface area contributed by atoms with Crippen molar-refractivity contribution < 1.29 is 14.3 Å². The van der Waals surface area contributed by atoms with Gasteiger partial charge in [-0.15, -0.1) is 0 Å². The third kappa shape index (κ3) is 2.57. The summed E-state index contributed by atoms with van der Waals surface area (Å²) in [6, 6.07) is 13.5. The maximum Gasteiger partial charge on any atom is 0.240 e. The number of hydrazone groups is 1. The molecule has 1 amide bonds. The highest BCUT2D eigenvalue weighted by molar-refractivity contribution is 6.03. The van der Waals surface area contributed by atoms with Gasteiger partial charge in [-0.2, -0.15) is 5.10 Å². The predicted molar refractivity (Wildman–Crippen MR) is 80.9 cm³/mol. The van der Waals surface area contributed by atoms with Crippen molar-refractivity contribution in [2.24, 2.45) is 5.10 Å². The number of phenolic OH excluding ortho intramolecular Hbond substituents is 1. The number of carbonyl (C=O) groups excluding carboxylic acids is 1. The van der Waals surface area contributed by atoms with E-state index < -0.39 is 11.6 Å². The second-order valence-electron chi connectivity index (χ2n) is 5.21. The Morgan fingerprint density at radius 1 is 1.27 bits per heavy atom. The molecular weight excluding hydrogens is 283 g/mol. The fraction of sp³-hybridized carbons (Fsp3) is 0.176. The van der Waals surface area contributed by atoms with Crippen molar-refractivity contribution in [3.63, 3.8) is 0 Å². The molecular formula is C17H15FN2O2. The largest absolute Gasteiger partial charge is 0.505 e. The Bertz CT molecular complexity index is 744. The molecule has 0 spiro atoms. The van der Waals surface area contributed by atoms with E-state index in [4.69, 9.17) is 0 Å². The highest BCUT2D eigenvalue weighted by Gasteiger charge is 2.31. The lowest BCUT2D eigenvalue weighted by Crippen LogP contribution is -2.24. The maximum atomic E-state index is 13.2. The molecule has 112 valence electrons. The molecule has 1 N–H and O–H groups in total. The van der Waals surface area contributed by atoms with Crippen LogP contribution < -0.4 is 0 Å². The average molecular weight is 298 g/mol. The number of hydrogen-bond donors (Lipinski definition) is 1. The molecule has 0 aromatic heterocycles. The summed E-state index contributed by atoms with van der Waals surface area (Å²) in [5.41, 5.74) is 2.26. The summed E-state index contributed by atoms with van der Waals surface area (Å²) < 4.78 is 13.2. The van der Waals surface area contributed by atoms with E-state index in [1.54, 1.807) is 6.07 Å². The standard InChI is InChI=1S/C17H15FN2O2/c1-11(21)20-16(12-5-3-2-4-6-12)10-15(19-20)13-7-8-14(18)17(22)9-13/h2-9,16,22H,10H2,1H3. The fourth-order valence-electron chi connectivity index (χ4n) is 2.60. The first-order valence-corrected chi connectivity index (χ1v) is 6.97. The lowest BCUT2D eigenvalue weighted by molar-refractivity contribution is -0.130. The van der Waals surface area contributed by atoms with E-state index in [-0.39, 0.29) is 11.9 Å². The van der Waals surface area contributed by atoms with Crippen LogP contribution in [0.4, 0.5) is 4.39 Å². The van der Waals surface area contributed by atoms with Gasteiger partial charge in [0.25, 0.3) is 0 Å². The Morgan fingerprint density at radius 2 is 2.00 bits per heavy atom. The van der Waals surface area contributed by atoms with Crippen molar-refractivity contribution >= 4 is 11.6 Å². The number of aromatic hydroxyl groups is 1. The van der Waals surface area contributed by atoms with E-state index >= 15 is 0 Å². The Hall–Kier alpha value is -2.69. The molecule has 2 aromatic carbocycles. The van der Waals surface area contributed by atoms with E-state index in [2.05, 4.69) is 5.10 Å². The Labute approximate surface area is 127 Å². The zero-order valence-corrected chi connectivity index (χ0v) is 12.0. The van der Waals surface area contributed by atoms with Crippen molar-refractivity contribution in [3.05, 3.63) is 65.5 Å².